The van der Waals surface area contributed by atoms with Crippen molar-refractivity contribution in [2.24, 2.45) is 0 Å². The van der Waals surface area contributed by atoms with Gasteiger partial charge in [-0.25, -0.2) is 4.52 Å². The average molecular weight is 244 g/mol. The zero-order valence-electron chi connectivity index (χ0n) is 9.33. The molecule has 0 radical (unpaired) electrons. The van der Waals surface area contributed by atoms with Crippen LogP contribution in [0.5, 0.6) is 5.75 Å². The highest BCUT2D eigenvalue weighted by molar-refractivity contribution is 7.41. The summed E-state index contributed by atoms with van der Waals surface area (Å²) < 4.78 is 19.1. The van der Waals surface area contributed by atoms with Gasteiger partial charge in [0.15, 0.2) is 5.75 Å². The van der Waals surface area contributed by atoms with Crippen LogP contribution in [0.2, 0.25) is 0 Å². The molecule has 0 bridgehead atoms. The van der Waals surface area contributed by atoms with Crippen LogP contribution in [-0.2, 0) is 4.57 Å². The first-order valence-corrected chi connectivity index (χ1v) is 6.48. The zero-order valence-corrected chi connectivity index (χ0v) is 10.2. The third-order valence-electron chi connectivity index (χ3n) is 2.85. The van der Waals surface area contributed by atoms with Crippen LogP contribution in [0, 0.1) is 0 Å². The van der Waals surface area contributed by atoms with Crippen molar-refractivity contribution in [3.63, 3.8) is 0 Å². The van der Waals surface area contributed by atoms with Gasteiger partial charge in [-0.15, -0.1) is 4.67 Å². The molecule has 1 heterocycles. The van der Waals surface area contributed by atoms with Crippen molar-refractivity contribution in [3.8, 4) is 16.9 Å². The molecule has 3 nitrogen and oxygen atoms in total. The standard InChI is InChI=1S/C13H11NO2P/c1-14-12-8-4-2-6-10(12)11-7-3-5-9-13(11)16-17(14)15/h2-9H,1H3/q+1. The number of benzene rings is 2. The minimum Gasteiger partial charge on any atom is -0.234 e. The largest absolute Gasteiger partial charge is 0.696 e. The van der Waals surface area contributed by atoms with Crippen molar-refractivity contribution in [1.29, 1.82) is 0 Å². The summed E-state index contributed by atoms with van der Waals surface area (Å²) >= 11 is 0. The summed E-state index contributed by atoms with van der Waals surface area (Å²) in [5.74, 6) is 0.672. The Morgan fingerprint density at radius 1 is 1.00 bits per heavy atom. The van der Waals surface area contributed by atoms with E-state index in [1.807, 2.05) is 48.5 Å². The Morgan fingerprint density at radius 2 is 1.65 bits per heavy atom. The minimum atomic E-state index is -1.87. The molecule has 2 aromatic carbocycles. The SMILES string of the molecule is CN1c2ccccc2-c2ccccc2O[P+]1=O. The van der Waals surface area contributed by atoms with Gasteiger partial charge in [-0.3, -0.25) is 0 Å². The second-order valence-electron chi connectivity index (χ2n) is 3.87. The van der Waals surface area contributed by atoms with Crippen molar-refractivity contribution >= 4 is 13.9 Å². The van der Waals surface area contributed by atoms with E-state index < -0.39 is 8.18 Å². The molecule has 84 valence electrons. The summed E-state index contributed by atoms with van der Waals surface area (Å²) in [5.41, 5.74) is 2.96. The lowest BCUT2D eigenvalue weighted by Crippen LogP contribution is -2.07. The normalized spacial score (nSPS) is 15.6. The monoisotopic (exact) mass is 244 g/mol. The van der Waals surface area contributed by atoms with E-state index in [1.165, 1.54) is 0 Å². The van der Waals surface area contributed by atoms with E-state index in [0.717, 1.165) is 16.8 Å². The third-order valence-corrected chi connectivity index (χ3v) is 3.91. The van der Waals surface area contributed by atoms with E-state index >= 15 is 0 Å². The molecule has 2 aromatic rings. The molecule has 1 unspecified atom stereocenters. The fourth-order valence-electron chi connectivity index (χ4n) is 1.99. The van der Waals surface area contributed by atoms with Gasteiger partial charge < -0.3 is 0 Å². The van der Waals surface area contributed by atoms with Crippen molar-refractivity contribution in [2.45, 2.75) is 0 Å². The highest BCUT2D eigenvalue weighted by Crippen LogP contribution is 2.47. The Labute approximate surface area is 101 Å². The number of nitrogens with zero attached hydrogens (tertiary/aromatic N) is 1. The van der Waals surface area contributed by atoms with E-state index in [2.05, 4.69) is 0 Å². The van der Waals surface area contributed by atoms with Crippen LogP contribution in [0.1, 0.15) is 0 Å². The quantitative estimate of drug-likeness (QED) is 0.659. The number of rotatable bonds is 0. The molecule has 1 aliphatic heterocycles. The zero-order chi connectivity index (χ0) is 11.8. The molecule has 0 N–H and O–H groups in total. The molecule has 1 atom stereocenters. The fraction of sp³-hybridized carbons (Fsp3) is 0.0769. The van der Waals surface area contributed by atoms with Crippen LogP contribution in [0.4, 0.5) is 5.69 Å². The lowest BCUT2D eigenvalue weighted by Gasteiger charge is -2.07. The predicted molar refractivity (Wildman–Crippen MR) is 68.5 cm³/mol. The molecule has 0 amide bonds. The van der Waals surface area contributed by atoms with Gasteiger partial charge in [0.25, 0.3) is 0 Å². The predicted octanol–water partition coefficient (Wildman–Crippen LogP) is 3.84. The summed E-state index contributed by atoms with van der Waals surface area (Å²) in [6.07, 6.45) is 0. The molecule has 0 spiro atoms. The maximum atomic E-state index is 12.0. The molecule has 0 saturated heterocycles. The van der Waals surface area contributed by atoms with Gasteiger partial charge in [0, 0.05) is 15.7 Å². The molecule has 17 heavy (non-hydrogen) atoms. The molecule has 0 saturated carbocycles. The smallest absolute Gasteiger partial charge is 0.234 e. The van der Waals surface area contributed by atoms with Crippen LogP contribution in [0.3, 0.4) is 0 Å². The summed E-state index contributed by atoms with van der Waals surface area (Å²) in [5, 5.41) is 0. The molecule has 1 aliphatic rings. The van der Waals surface area contributed by atoms with Crippen molar-refractivity contribution in [1.82, 2.24) is 0 Å². The van der Waals surface area contributed by atoms with Gasteiger partial charge in [0.1, 0.15) is 0 Å². The van der Waals surface area contributed by atoms with Gasteiger partial charge in [-0.05, 0) is 12.1 Å². The summed E-state index contributed by atoms with van der Waals surface area (Å²) in [6.45, 7) is 0. The maximum absolute atomic E-state index is 12.0. The Kier molecular flexibility index (Phi) is 2.34. The van der Waals surface area contributed by atoms with Gasteiger partial charge in [0.05, 0.1) is 12.7 Å². The first kappa shape index (κ1) is 10.3. The molecular weight excluding hydrogens is 233 g/mol. The highest BCUT2D eigenvalue weighted by Gasteiger charge is 2.34. The van der Waals surface area contributed by atoms with Gasteiger partial charge in [0.2, 0.25) is 0 Å². The molecule has 3 rings (SSSR count). The van der Waals surface area contributed by atoms with Crippen LogP contribution in [-0.4, -0.2) is 7.05 Å². The number of hydrogen-bond donors (Lipinski definition) is 0. The van der Waals surface area contributed by atoms with E-state index in [-0.39, 0.29) is 0 Å². The van der Waals surface area contributed by atoms with E-state index in [1.54, 1.807) is 11.7 Å². The fourth-order valence-corrected chi connectivity index (χ4v) is 2.79. The Balaban J connectivity index is 2.33. The summed E-state index contributed by atoms with van der Waals surface area (Å²) in [6, 6.07) is 15.5. The van der Waals surface area contributed by atoms with Gasteiger partial charge >= 0.3 is 8.18 Å². The maximum Gasteiger partial charge on any atom is 0.696 e. The van der Waals surface area contributed by atoms with Crippen LogP contribution in [0.15, 0.2) is 48.5 Å². The Morgan fingerprint density at radius 3 is 2.47 bits per heavy atom. The van der Waals surface area contributed by atoms with Crippen molar-refractivity contribution in [2.75, 3.05) is 11.7 Å². The van der Waals surface area contributed by atoms with Crippen LogP contribution < -0.4 is 9.19 Å². The first-order valence-electron chi connectivity index (χ1n) is 5.34. The molecule has 0 aromatic heterocycles. The molecular formula is C13H11NO2P+. The van der Waals surface area contributed by atoms with E-state index in [9.17, 15) is 4.57 Å². The highest BCUT2D eigenvalue weighted by atomic mass is 31.1. The number of fused-ring (bicyclic) bond motifs is 3. The molecule has 0 aliphatic carbocycles. The summed E-state index contributed by atoms with van der Waals surface area (Å²) in [7, 11) is -0.0882. The van der Waals surface area contributed by atoms with Gasteiger partial charge in [-0.2, -0.15) is 0 Å². The minimum absolute atomic E-state index is 0.672. The summed E-state index contributed by atoms with van der Waals surface area (Å²) in [4.78, 5) is 0. The molecule has 0 fully saturated rings. The number of anilines is 1. The lowest BCUT2D eigenvalue weighted by atomic mass is 10.0. The lowest BCUT2D eigenvalue weighted by molar-refractivity contribution is 0.505. The molecule has 4 heteroatoms. The first-order chi connectivity index (χ1) is 8.27. The third kappa shape index (κ3) is 1.60. The van der Waals surface area contributed by atoms with Gasteiger partial charge in [-0.1, -0.05) is 36.4 Å². The van der Waals surface area contributed by atoms with Crippen LogP contribution in [0.25, 0.3) is 11.1 Å². The van der Waals surface area contributed by atoms with E-state index in [0.29, 0.717) is 5.75 Å². The van der Waals surface area contributed by atoms with Crippen molar-refractivity contribution in [3.05, 3.63) is 48.5 Å². The number of hydrogen-bond acceptors (Lipinski definition) is 2. The Bertz CT molecular complexity index is 597. The number of para-hydroxylation sites is 2. The Hall–Kier alpha value is -1.86. The van der Waals surface area contributed by atoms with E-state index in [4.69, 9.17) is 4.52 Å². The second-order valence-corrected chi connectivity index (χ2v) is 5.12. The van der Waals surface area contributed by atoms with Crippen molar-refractivity contribution < 1.29 is 9.09 Å². The second kappa shape index (κ2) is 3.86. The average Bonchev–Trinajstić information content (AvgIpc) is 2.48. The topological polar surface area (TPSA) is 29.5 Å². The van der Waals surface area contributed by atoms with Crippen LogP contribution >= 0.6 is 8.18 Å².